The second kappa shape index (κ2) is 7.70. The van der Waals surface area contributed by atoms with E-state index in [1.165, 1.54) is 0 Å². The molecule has 2 aliphatic heterocycles. The van der Waals surface area contributed by atoms with E-state index >= 15 is 0 Å². The molecule has 0 unspecified atom stereocenters. The van der Waals surface area contributed by atoms with Crippen LogP contribution in [0.4, 0.5) is 5.69 Å². The number of hydrogen-bond acceptors (Lipinski definition) is 4. The van der Waals surface area contributed by atoms with Gasteiger partial charge in [0, 0.05) is 31.9 Å². The van der Waals surface area contributed by atoms with Crippen molar-refractivity contribution in [2.45, 2.75) is 31.4 Å². The van der Waals surface area contributed by atoms with E-state index in [-0.39, 0.29) is 17.9 Å². The van der Waals surface area contributed by atoms with Gasteiger partial charge in [0.1, 0.15) is 6.04 Å². The molecule has 2 heterocycles. The van der Waals surface area contributed by atoms with Crippen LogP contribution in [0.15, 0.2) is 36.9 Å². The van der Waals surface area contributed by atoms with Gasteiger partial charge in [0.05, 0.1) is 11.7 Å². The van der Waals surface area contributed by atoms with Gasteiger partial charge >= 0.3 is 0 Å². The highest BCUT2D eigenvalue weighted by Crippen LogP contribution is 2.23. The molecule has 2 amide bonds. The van der Waals surface area contributed by atoms with Crippen molar-refractivity contribution in [3.63, 3.8) is 0 Å². The van der Waals surface area contributed by atoms with Crippen LogP contribution >= 0.6 is 0 Å². The zero-order valence-corrected chi connectivity index (χ0v) is 14.4. The van der Waals surface area contributed by atoms with Gasteiger partial charge in [-0.2, -0.15) is 0 Å². The predicted octanol–water partition coefficient (Wildman–Crippen LogP) is 1.48. The van der Waals surface area contributed by atoms with Gasteiger partial charge in [-0.1, -0.05) is 18.2 Å². The van der Waals surface area contributed by atoms with Gasteiger partial charge in [-0.15, -0.1) is 6.58 Å². The molecule has 0 aromatic heterocycles. The Hall–Kier alpha value is -2.34. The maximum Gasteiger partial charge on any atom is 0.256 e. The first-order valence-electron chi connectivity index (χ1n) is 8.82. The first-order valence-corrected chi connectivity index (χ1v) is 8.82. The highest BCUT2D eigenvalue weighted by molar-refractivity contribution is 6.00. The van der Waals surface area contributed by atoms with Crippen molar-refractivity contribution in [1.29, 1.82) is 0 Å². The molecule has 2 atom stereocenters. The average Bonchev–Trinajstić information content (AvgIpc) is 2.95. The van der Waals surface area contributed by atoms with Gasteiger partial charge in [0.2, 0.25) is 5.91 Å². The molecule has 0 aliphatic carbocycles. The Morgan fingerprint density at radius 2 is 2.12 bits per heavy atom. The fourth-order valence-corrected chi connectivity index (χ4v) is 3.50. The molecule has 2 N–H and O–H groups in total. The van der Waals surface area contributed by atoms with Crippen molar-refractivity contribution in [1.82, 2.24) is 9.80 Å². The van der Waals surface area contributed by atoms with Crippen LogP contribution in [0.5, 0.6) is 0 Å². The number of carbonyl (C=O) groups is 2. The quantitative estimate of drug-likeness (QED) is 0.795. The monoisotopic (exact) mass is 343 g/mol. The predicted molar refractivity (Wildman–Crippen MR) is 96.4 cm³/mol. The van der Waals surface area contributed by atoms with Crippen molar-refractivity contribution in [3.8, 4) is 0 Å². The van der Waals surface area contributed by atoms with Gasteiger partial charge in [0.25, 0.3) is 5.91 Å². The number of carbonyl (C=O) groups excluding carboxylic acids is 2. The van der Waals surface area contributed by atoms with Gasteiger partial charge in [0.15, 0.2) is 0 Å². The molecule has 6 nitrogen and oxygen atoms in total. The number of hydrogen-bond donors (Lipinski definition) is 2. The Kier molecular flexibility index (Phi) is 5.38. The van der Waals surface area contributed by atoms with Gasteiger partial charge in [-0.05, 0) is 31.4 Å². The number of amides is 2. The largest absolute Gasteiger partial charge is 0.391 e. The minimum atomic E-state index is -0.457. The van der Waals surface area contributed by atoms with Crippen LogP contribution in [0.25, 0.3) is 0 Å². The number of piperidine rings is 1. The van der Waals surface area contributed by atoms with Gasteiger partial charge < -0.3 is 20.2 Å². The summed E-state index contributed by atoms with van der Waals surface area (Å²) in [5.41, 5.74) is 1.22. The molecule has 1 aromatic rings. The topological polar surface area (TPSA) is 72.9 Å². The molecule has 134 valence electrons. The Morgan fingerprint density at radius 3 is 2.88 bits per heavy atom. The number of aliphatic hydroxyl groups excluding tert-OH is 1. The maximum absolute atomic E-state index is 12.9. The summed E-state index contributed by atoms with van der Waals surface area (Å²) in [5.74, 6) is -0.0641. The number of anilines is 1. The second-order valence-electron chi connectivity index (χ2n) is 6.65. The van der Waals surface area contributed by atoms with Crippen LogP contribution in [0, 0.1) is 0 Å². The van der Waals surface area contributed by atoms with E-state index in [4.69, 9.17) is 0 Å². The highest BCUT2D eigenvalue weighted by Gasteiger charge is 2.32. The van der Waals surface area contributed by atoms with Crippen LogP contribution in [-0.2, 0) is 4.79 Å². The van der Waals surface area contributed by atoms with Crippen molar-refractivity contribution in [2.24, 2.45) is 0 Å². The standard InChI is InChI=1S/C19H25N3O3/c1-2-10-21-12-9-17(19(21)25)20-16-8-4-3-7-15(16)18(24)22-11-5-6-14(23)13-22/h2-4,7-8,14,17,20,23H,1,5-6,9-13H2/t14-,17+/m0/s1. The van der Waals surface area contributed by atoms with E-state index in [2.05, 4.69) is 11.9 Å². The SMILES string of the molecule is C=CCN1CC[C@@H](Nc2ccccc2C(=O)N2CCC[C@H](O)C2)C1=O. The molecule has 0 saturated carbocycles. The molecular weight excluding hydrogens is 318 g/mol. The van der Waals surface area contributed by atoms with Crippen LogP contribution in [-0.4, -0.2) is 65.0 Å². The van der Waals surface area contributed by atoms with Gasteiger partial charge in [-0.3, -0.25) is 9.59 Å². The van der Waals surface area contributed by atoms with Crippen molar-refractivity contribution in [2.75, 3.05) is 31.5 Å². The summed E-state index contributed by atoms with van der Waals surface area (Å²) >= 11 is 0. The summed E-state index contributed by atoms with van der Waals surface area (Å²) in [5, 5.41) is 13.1. The van der Waals surface area contributed by atoms with E-state index in [1.54, 1.807) is 21.9 Å². The number of likely N-dealkylation sites (tertiary alicyclic amines) is 2. The van der Waals surface area contributed by atoms with Crippen LogP contribution in [0.2, 0.25) is 0 Å². The molecule has 3 rings (SSSR count). The highest BCUT2D eigenvalue weighted by atomic mass is 16.3. The summed E-state index contributed by atoms with van der Waals surface area (Å²) in [6.45, 7) is 5.93. The minimum Gasteiger partial charge on any atom is -0.391 e. The number of nitrogens with zero attached hydrogens (tertiary/aromatic N) is 2. The fraction of sp³-hybridized carbons (Fsp3) is 0.474. The summed E-state index contributed by atoms with van der Waals surface area (Å²) in [6, 6.07) is 6.95. The second-order valence-corrected chi connectivity index (χ2v) is 6.65. The lowest BCUT2D eigenvalue weighted by molar-refractivity contribution is -0.127. The van der Waals surface area contributed by atoms with Crippen molar-refractivity contribution in [3.05, 3.63) is 42.5 Å². The van der Waals surface area contributed by atoms with E-state index in [0.717, 1.165) is 12.8 Å². The fourth-order valence-electron chi connectivity index (χ4n) is 3.50. The lowest BCUT2D eigenvalue weighted by Gasteiger charge is -2.31. The molecular formula is C19H25N3O3. The molecule has 0 spiro atoms. The zero-order chi connectivity index (χ0) is 17.8. The van der Waals surface area contributed by atoms with Crippen LogP contribution in [0.1, 0.15) is 29.6 Å². The first kappa shape index (κ1) is 17.5. The molecule has 2 saturated heterocycles. The molecule has 6 heteroatoms. The van der Waals surface area contributed by atoms with Gasteiger partial charge in [-0.25, -0.2) is 0 Å². The summed E-state index contributed by atoms with van der Waals surface area (Å²) in [4.78, 5) is 28.7. The summed E-state index contributed by atoms with van der Waals surface area (Å²) in [6.07, 6.45) is 3.51. The Morgan fingerprint density at radius 1 is 1.32 bits per heavy atom. The van der Waals surface area contributed by atoms with E-state index in [0.29, 0.717) is 43.9 Å². The lowest BCUT2D eigenvalue weighted by atomic mass is 10.1. The first-order chi connectivity index (χ1) is 12.1. The number of para-hydroxylation sites is 1. The van der Waals surface area contributed by atoms with E-state index in [1.807, 2.05) is 18.2 Å². The van der Waals surface area contributed by atoms with Crippen LogP contribution < -0.4 is 5.32 Å². The molecule has 25 heavy (non-hydrogen) atoms. The number of aliphatic hydroxyl groups is 1. The van der Waals surface area contributed by atoms with E-state index in [9.17, 15) is 14.7 Å². The number of β-amino-alcohol motifs (C(OH)–C–C–N with tert-alkyl or cyclic N) is 1. The normalized spacial score (nSPS) is 23.6. The number of benzene rings is 1. The molecule has 1 aromatic carbocycles. The minimum absolute atomic E-state index is 0.0375. The molecule has 0 radical (unpaired) electrons. The third-order valence-electron chi connectivity index (χ3n) is 4.82. The molecule has 2 aliphatic rings. The molecule has 2 fully saturated rings. The maximum atomic E-state index is 12.9. The third kappa shape index (κ3) is 3.85. The Bertz CT molecular complexity index is 661. The third-order valence-corrected chi connectivity index (χ3v) is 4.82. The average molecular weight is 343 g/mol. The zero-order valence-electron chi connectivity index (χ0n) is 14.4. The Labute approximate surface area is 148 Å². The number of rotatable bonds is 5. The van der Waals surface area contributed by atoms with E-state index < -0.39 is 6.10 Å². The summed E-state index contributed by atoms with van der Waals surface area (Å²) < 4.78 is 0. The lowest BCUT2D eigenvalue weighted by Crippen LogP contribution is -2.42. The van der Waals surface area contributed by atoms with Crippen molar-refractivity contribution < 1.29 is 14.7 Å². The van der Waals surface area contributed by atoms with Crippen molar-refractivity contribution >= 4 is 17.5 Å². The Balaban J connectivity index is 1.74. The summed E-state index contributed by atoms with van der Waals surface area (Å²) in [7, 11) is 0. The number of nitrogens with one attached hydrogen (secondary N) is 1. The smallest absolute Gasteiger partial charge is 0.256 e. The van der Waals surface area contributed by atoms with Crippen LogP contribution in [0.3, 0.4) is 0 Å². The molecule has 0 bridgehead atoms.